The topological polar surface area (TPSA) is 69.7 Å². The number of methoxy groups -OCH3 is 3. The zero-order chi connectivity index (χ0) is 17.5. The minimum atomic E-state index is -0.250. The van der Waals surface area contributed by atoms with E-state index in [4.69, 9.17) is 14.2 Å². The third-order valence-corrected chi connectivity index (χ3v) is 3.41. The number of aryl methyl sites for hydroxylation is 1. The van der Waals surface area contributed by atoms with Crippen molar-refractivity contribution in [3.63, 3.8) is 0 Å². The Bertz CT molecular complexity index is 731. The van der Waals surface area contributed by atoms with E-state index >= 15 is 0 Å². The molecule has 6 heteroatoms. The Hall–Kier alpha value is -3.02. The van der Waals surface area contributed by atoms with Gasteiger partial charge in [0.2, 0.25) is 11.7 Å². The van der Waals surface area contributed by atoms with Crippen molar-refractivity contribution in [3.8, 4) is 17.2 Å². The Balaban J connectivity index is 2.19. The van der Waals surface area contributed by atoms with Gasteiger partial charge in [-0.1, -0.05) is 0 Å². The maximum absolute atomic E-state index is 12.1. The first-order chi connectivity index (χ1) is 11.6. The van der Waals surface area contributed by atoms with E-state index in [1.54, 1.807) is 51.9 Å². The Morgan fingerprint density at radius 2 is 1.79 bits per heavy atom. The molecule has 0 saturated carbocycles. The number of pyridine rings is 1. The van der Waals surface area contributed by atoms with E-state index in [0.29, 0.717) is 22.9 Å². The molecule has 0 bridgehead atoms. The summed E-state index contributed by atoms with van der Waals surface area (Å²) in [5.41, 5.74) is 2.37. The van der Waals surface area contributed by atoms with Gasteiger partial charge in [0.1, 0.15) is 0 Å². The lowest BCUT2D eigenvalue weighted by molar-refractivity contribution is -0.111. The van der Waals surface area contributed by atoms with Gasteiger partial charge in [-0.25, -0.2) is 0 Å². The molecule has 1 aromatic heterocycles. The summed E-state index contributed by atoms with van der Waals surface area (Å²) in [6.45, 7) is 1.90. The van der Waals surface area contributed by atoms with Gasteiger partial charge in [-0.05, 0) is 42.3 Å². The number of hydrogen-bond acceptors (Lipinski definition) is 5. The second-order valence-electron chi connectivity index (χ2n) is 4.97. The predicted molar refractivity (Wildman–Crippen MR) is 92.7 cm³/mol. The average molecular weight is 328 g/mol. The standard InChI is InChI=1S/C18H20N2O4/c1-12-7-8-19-11-14(12)20-17(21)6-5-13-9-15(22-2)18(24-4)16(10-13)23-3/h5-11H,1-4H3,(H,20,21). The van der Waals surface area contributed by atoms with Gasteiger partial charge in [-0.3, -0.25) is 9.78 Å². The summed E-state index contributed by atoms with van der Waals surface area (Å²) in [6.07, 6.45) is 6.40. The molecule has 0 aliphatic carbocycles. The molecule has 0 saturated heterocycles. The van der Waals surface area contributed by atoms with Crippen LogP contribution in [-0.2, 0) is 4.79 Å². The third kappa shape index (κ3) is 4.04. The minimum Gasteiger partial charge on any atom is -0.493 e. The SMILES string of the molecule is COc1cc(C=CC(=O)Nc2cnccc2C)cc(OC)c1OC. The zero-order valence-electron chi connectivity index (χ0n) is 14.1. The second kappa shape index (κ2) is 8.01. The summed E-state index contributed by atoms with van der Waals surface area (Å²) in [5, 5.41) is 2.78. The normalized spacial score (nSPS) is 10.5. The highest BCUT2D eigenvalue weighted by Gasteiger charge is 2.12. The molecule has 1 heterocycles. The van der Waals surface area contributed by atoms with Crippen LogP contribution in [0.4, 0.5) is 5.69 Å². The van der Waals surface area contributed by atoms with E-state index in [-0.39, 0.29) is 5.91 Å². The lowest BCUT2D eigenvalue weighted by Crippen LogP contribution is -2.09. The fraction of sp³-hybridized carbons (Fsp3) is 0.222. The van der Waals surface area contributed by atoms with Gasteiger partial charge >= 0.3 is 0 Å². The molecule has 24 heavy (non-hydrogen) atoms. The van der Waals surface area contributed by atoms with Crippen LogP contribution in [-0.4, -0.2) is 32.2 Å². The zero-order valence-corrected chi connectivity index (χ0v) is 14.1. The number of nitrogens with one attached hydrogen (secondary N) is 1. The number of ether oxygens (including phenoxy) is 3. The first kappa shape index (κ1) is 17.3. The third-order valence-electron chi connectivity index (χ3n) is 3.41. The van der Waals surface area contributed by atoms with Gasteiger partial charge in [0, 0.05) is 12.3 Å². The fourth-order valence-corrected chi connectivity index (χ4v) is 2.14. The van der Waals surface area contributed by atoms with Crippen LogP contribution in [0.15, 0.2) is 36.7 Å². The summed E-state index contributed by atoms with van der Waals surface area (Å²) in [7, 11) is 4.63. The number of hydrogen-bond donors (Lipinski definition) is 1. The lowest BCUT2D eigenvalue weighted by atomic mass is 10.1. The Labute approximate surface area is 141 Å². The van der Waals surface area contributed by atoms with Gasteiger partial charge < -0.3 is 19.5 Å². The average Bonchev–Trinajstić information content (AvgIpc) is 2.60. The highest BCUT2D eigenvalue weighted by atomic mass is 16.5. The van der Waals surface area contributed by atoms with Crippen LogP contribution in [0, 0.1) is 6.92 Å². The van der Waals surface area contributed by atoms with E-state index in [0.717, 1.165) is 11.1 Å². The van der Waals surface area contributed by atoms with E-state index in [1.807, 2.05) is 13.0 Å². The molecule has 1 N–H and O–H groups in total. The van der Waals surface area contributed by atoms with Crippen molar-refractivity contribution in [2.45, 2.75) is 6.92 Å². The summed E-state index contributed by atoms with van der Waals surface area (Å²) in [4.78, 5) is 16.1. The Morgan fingerprint density at radius 1 is 1.12 bits per heavy atom. The molecule has 126 valence electrons. The Kier molecular flexibility index (Phi) is 5.78. The Morgan fingerprint density at radius 3 is 2.33 bits per heavy atom. The second-order valence-corrected chi connectivity index (χ2v) is 4.97. The first-order valence-corrected chi connectivity index (χ1v) is 7.28. The van der Waals surface area contributed by atoms with Gasteiger partial charge in [0.25, 0.3) is 0 Å². The molecule has 1 amide bonds. The van der Waals surface area contributed by atoms with Crippen molar-refractivity contribution >= 4 is 17.7 Å². The van der Waals surface area contributed by atoms with Gasteiger partial charge in [-0.15, -0.1) is 0 Å². The summed E-state index contributed by atoms with van der Waals surface area (Å²) in [6, 6.07) is 5.36. The van der Waals surface area contributed by atoms with Crippen LogP contribution >= 0.6 is 0 Å². The molecule has 0 atom stereocenters. The monoisotopic (exact) mass is 328 g/mol. The molecule has 2 rings (SSSR count). The molecule has 0 aliphatic heterocycles. The molecular weight excluding hydrogens is 308 g/mol. The van der Waals surface area contributed by atoms with Crippen LogP contribution in [0.1, 0.15) is 11.1 Å². The minimum absolute atomic E-state index is 0.250. The molecule has 0 aliphatic rings. The highest BCUT2D eigenvalue weighted by molar-refractivity contribution is 6.02. The van der Waals surface area contributed by atoms with Gasteiger partial charge in [0.15, 0.2) is 11.5 Å². The van der Waals surface area contributed by atoms with Crippen LogP contribution < -0.4 is 19.5 Å². The van der Waals surface area contributed by atoms with Gasteiger partial charge in [-0.2, -0.15) is 0 Å². The summed E-state index contributed by atoms with van der Waals surface area (Å²) < 4.78 is 15.9. The maximum Gasteiger partial charge on any atom is 0.248 e. The number of rotatable bonds is 6. The predicted octanol–water partition coefficient (Wildman–Crippen LogP) is 3.07. The molecular formula is C18H20N2O4. The van der Waals surface area contributed by atoms with E-state index < -0.39 is 0 Å². The summed E-state index contributed by atoms with van der Waals surface area (Å²) in [5.74, 6) is 1.31. The quantitative estimate of drug-likeness (QED) is 0.825. The van der Waals surface area contributed by atoms with Crippen molar-refractivity contribution in [2.24, 2.45) is 0 Å². The number of nitrogens with zero attached hydrogens (tertiary/aromatic N) is 1. The van der Waals surface area contributed by atoms with Crippen LogP contribution in [0.2, 0.25) is 0 Å². The van der Waals surface area contributed by atoms with E-state index in [2.05, 4.69) is 10.3 Å². The van der Waals surface area contributed by atoms with Crippen molar-refractivity contribution in [2.75, 3.05) is 26.6 Å². The van der Waals surface area contributed by atoms with Crippen LogP contribution in [0.3, 0.4) is 0 Å². The van der Waals surface area contributed by atoms with Crippen LogP contribution in [0.5, 0.6) is 17.2 Å². The molecule has 0 unspecified atom stereocenters. The number of aromatic nitrogens is 1. The molecule has 2 aromatic rings. The van der Waals surface area contributed by atoms with E-state index in [9.17, 15) is 4.79 Å². The maximum atomic E-state index is 12.1. The van der Waals surface area contributed by atoms with Crippen molar-refractivity contribution < 1.29 is 19.0 Å². The number of carbonyl (C=O) groups excluding carboxylic acids is 1. The molecule has 1 aromatic carbocycles. The molecule has 0 fully saturated rings. The lowest BCUT2D eigenvalue weighted by Gasteiger charge is -2.12. The van der Waals surface area contributed by atoms with Crippen molar-refractivity contribution in [1.29, 1.82) is 0 Å². The molecule has 6 nitrogen and oxygen atoms in total. The number of benzene rings is 1. The van der Waals surface area contributed by atoms with Crippen molar-refractivity contribution in [3.05, 3.63) is 47.8 Å². The highest BCUT2D eigenvalue weighted by Crippen LogP contribution is 2.38. The van der Waals surface area contributed by atoms with Gasteiger partial charge in [0.05, 0.1) is 33.2 Å². The largest absolute Gasteiger partial charge is 0.493 e. The fourth-order valence-electron chi connectivity index (χ4n) is 2.14. The number of carbonyl (C=O) groups is 1. The van der Waals surface area contributed by atoms with Crippen LogP contribution in [0.25, 0.3) is 6.08 Å². The van der Waals surface area contributed by atoms with E-state index in [1.165, 1.54) is 6.08 Å². The smallest absolute Gasteiger partial charge is 0.248 e. The number of anilines is 1. The molecule has 0 spiro atoms. The first-order valence-electron chi connectivity index (χ1n) is 7.28. The number of amides is 1. The molecule has 0 radical (unpaired) electrons. The summed E-state index contributed by atoms with van der Waals surface area (Å²) >= 11 is 0. The van der Waals surface area contributed by atoms with Crippen molar-refractivity contribution in [1.82, 2.24) is 4.98 Å².